The zero-order valence-corrected chi connectivity index (χ0v) is 10.5. The van der Waals surface area contributed by atoms with E-state index in [-0.39, 0.29) is 0 Å². The summed E-state index contributed by atoms with van der Waals surface area (Å²) in [5, 5.41) is 2.42. The van der Waals surface area contributed by atoms with Crippen molar-refractivity contribution in [2.45, 2.75) is 0 Å². The van der Waals surface area contributed by atoms with Crippen molar-refractivity contribution >= 4 is 40.8 Å². The predicted octanol–water partition coefficient (Wildman–Crippen LogP) is 2.82. The monoisotopic (exact) mass is 310 g/mol. The summed E-state index contributed by atoms with van der Waals surface area (Å²) in [5.41, 5.74) is 0. The molecule has 0 amide bonds. The molecule has 70 valence electrons. The van der Waals surface area contributed by atoms with Crippen LogP contribution in [0.4, 0.5) is 0 Å². The van der Waals surface area contributed by atoms with E-state index < -0.39 is 0 Å². The largest absolute Gasteiger partial charge is 0.0616 e. The molecule has 0 fully saturated rings. The first-order valence-corrected chi connectivity index (χ1v) is 5.87. The van der Waals surface area contributed by atoms with Crippen LogP contribution in [0.15, 0.2) is 48.6 Å². The molecule has 0 atom stereocenters. The lowest BCUT2D eigenvalue weighted by Gasteiger charge is -1.98. The molecule has 0 spiro atoms. The lowest BCUT2D eigenvalue weighted by atomic mass is 10.2. The highest BCUT2D eigenvalue weighted by atomic mass is 79.9. The van der Waals surface area contributed by atoms with Crippen LogP contribution in [0.25, 0.3) is 8.96 Å². The van der Waals surface area contributed by atoms with E-state index in [2.05, 4.69) is 56.1 Å². The minimum Gasteiger partial charge on any atom is -0.0616 e. The van der Waals surface area contributed by atoms with Gasteiger partial charge in [-0.2, -0.15) is 0 Å². The molecule has 1 aliphatic carbocycles. The van der Waals surface area contributed by atoms with Gasteiger partial charge in [0.15, 0.2) is 0 Å². The first-order chi connectivity index (χ1) is 6.79. The fraction of sp³-hybridized carbons (Fsp3) is 0. The molecule has 0 saturated heterocycles. The Kier molecular flexibility index (Phi) is 3.04. The highest BCUT2D eigenvalue weighted by Gasteiger charge is 1.95. The van der Waals surface area contributed by atoms with Gasteiger partial charge in [0.1, 0.15) is 0 Å². The van der Waals surface area contributed by atoms with Crippen molar-refractivity contribution in [1.29, 1.82) is 0 Å². The highest BCUT2D eigenvalue weighted by molar-refractivity contribution is 9.15. The van der Waals surface area contributed by atoms with Gasteiger partial charge in [0.25, 0.3) is 0 Å². The van der Waals surface area contributed by atoms with Crippen LogP contribution in [0.1, 0.15) is 0 Å². The first kappa shape index (κ1) is 9.94. The van der Waals surface area contributed by atoms with Crippen LogP contribution in [-0.4, -0.2) is 0 Å². The summed E-state index contributed by atoms with van der Waals surface area (Å²) in [6, 6.07) is 8.29. The van der Waals surface area contributed by atoms with E-state index in [1.165, 1.54) is 10.4 Å². The second-order valence-corrected chi connectivity index (χ2v) is 4.67. The maximum atomic E-state index is 3.56. The maximum absolute atomic E-state index is 3.56. The molecule has 2 rings (SSSR count). The fourth-order valence-electron chi connectivity index (χ4n) is 1.36. The predicted molar refractivity (Wildman–Crippen MR) is 68.6 cm³/mol. The van der Waals surface area contributed by atoms with Crippen LogP contribution in [0.5, 0.6) is 0 Å². The molecule has 0 nitrogen and oxygen atoms in total. The Hall–Kier alpha value is -0.600. The number of hydrogen-bond acceptors (Lipinski definition) is 0. The molecule has 0 saturated carbocycles. The number of halogens is 2. The Balaban J connectivity index is 2.98. The van der Waals surface area contributed by atoms with E-state index in [0.29, 0.717) is 0 Å². The third-order valence-electron chi connectivity index (χ3n) is 2.04. The van der Waals surface area contributed by atoms with Gasteiger partial charge in [0.2, 0.25) is 0 Å². The number of fused-ring (bicyclic) bond motifs is 1. The Bertz CT molecular complexity index is 472. The van der Waals surface area contributed by atoms with Gasteiger partial charge >= 0.3 is 0 Å². The topological polar surface area (TPSA) is 0 Å². The molecule has 1 aromatic carbocycles. The summed E-state index contributed by atoms with van der Waals surface area (Å²) < 4.78 is 2.21. The third-order valence-corrected chi connectivity index (χ3v) is 3.42. The lowest BCUT2D eigenvalue weighted by molar-refractivity contribution is 1.51. The quantitative estimate of drug-likeness (QED) is 0.691. The molecule has 0 bridgehead atoms. The summed E-state index contributed by atoms with van der Waals surface area (Å²) in [6.45, 7) is 0. The zero-order valence-electron chi connectivity index (χ0n) is 7.37. The van der Waals surface area contributed by atoms with Crippen molar-refractivity contribution in [3.05, 3.63) is 59.0 Å². The summed E-state index contributed by atoms with van der Waals surface area (Å²) >= 11 is 7.12. The van der Waals surface area contributed by atoms with E-state index in [4.69, 9.17) is 0 Å². The van der Waals surface area contributed by atoms with E-state index in [9.17, 15) is 0 Å². The van der Waals surface area contributed by atoms with Crippen molar-refractivity contribution in [2.75, 3.05) is 0 Å². The molecule has 1 aromatic rings. The van der Waals surface area contributed by atoms with E-state index in [0.717, 1.165) is 8.96 Å². The molecule has 0 aliphatic heterocycles. The van der Waals surface area contributed by atoms with Crippen LogP contribution >= 0.6 is 31.9 Å². The first-order valence-electron chi connectivity index (χ1n) is 4.28. The molecule has 0 unspecified atom stereocenters. The van der Waals surface area contributed by atoms with Gasteiger partial charge < -0.3 is 0 Å². The van der Waals surface area contributed by atoms with Gasteiger partial charge in [-0.05, 0) is 22.6 Å². The SMILES string of the molecule is BrC1=c2\cccc\c2=C(Br)\C=C/C=C\1. The summed E-state index contributed by atoms with van der Waals surface area (Å²) in [6.07, 6.45) is 8.13. The van der Waals surface area contributed by atoms with Gasteiger partial charge in [0, 0.05) is 8.96 Å². The Labute approximate surface area is 99.6 Å². The van der Waals surface area contributed by atoms with Crippen molar-refractivity contribution in [1.82, 2.24) is 0 Å². The smallest absolute Gasteiger partial charge is 0.0254 e. The molecule has 1 aliphatic rings. The minimum atomic E-state index is 1.11. The number of hydrogen-bond donors (Lipinski definition) is 0. The Morgan fingerprint density at radius 3 is 1.57 bits per heavy atom. The standard InChI is InChI=1S/C12H8Br2/c13-11-7-3-4-8-12(14)10-6-2-1-5-9(10)11/h1-8H/b4-3?,7-3-,8-4-,11-7?,11-9+,12-8?,12-10+. The fourth-order valence-corrected chi connectivity index (χ4v) is 2.36. The summed E-state index contributed by atoms with van der Waals surface area (Å²) in [7, 11) is 0. The van der Waals surface area contributed by atoms with Crippen molar-refractivity contribution in [3.63, 3.8) is 0 Å². The molecule has 0 heterocycles. The maximum Gasteiger partial charge on any atom is 0.0254 e. The van der Waals surface area contributed by atoms with Gasteiger partial charge in [0.05, 0.1) is 0 Å². The highest BCUT2D eigenvalue weighted by Crippen LogP contribution is 2.10. The number of rotatable bonds is 0. The van der Waals surface area contributed by atoms with Crippen LogP contribution in [0.3, 0.4) is 0 Å². The average molecular weight is 312 g/mol. The number of benzene rings is 1. The zero-order chi connectivity index (χ0) is 9.97. The molecule has 0 N–H and O–H groups in total. The summed E-state index contributed by atoms with van der Waals surface area (Å²) in [4.78, 5) is 0. The summed E-state index contributed by atoms with van der Waals surface area (Å²) in [5.74, 6) is 0. The molecule has 2 heteroatoms. The number of allylic oxidation sites excluding steroid dienone is 4. The van der Waals surface area contributed by atoms with Crippen LogP contribution in [0.2, 0.25) is 0 Å². The van der Waals surface area contributed by atoms with E-state index >= 15 is 0 Å². The van der Waals surface area contributed by atoms with E-state index in [1.54, 1.807) is 0 Å². The Morgan fingerprint density at radius 2 is 1.14 bits per heavy atom. The lowest BCUT2D eigenvalue weighted by Crippen LogP contribution is -2.26. The van der Waals surface area contributed by atoms with Crippen LogP contribution < -0.4 is 10.4 Å². The molecule has 14 heavy (non-hydrogen) atoms. The van der Waals surface area contributed by atoms with E-state index in [1.807, 2.05) is 24.3 Å². The van der Waals surface area contributed by atoms with Crippen LogP contribution in [0, 0.1) is 0 Å². The minimum absolute atomic E-state index is 1.11. The van der Waals surface area contributed by atoms with Gasteiger partial charge in [-0.1, -0.05) is 68.3 Å². The average Bonchev–Trinajstić information content (AvgIpc) is 2.22. The van der Waals surface area contributed by atoms with Gasteiger partial charge in [-0.15, -0.1) is 0 Å². The molecule has 0 aromatic heterocycles. The van der Waals surface area contributed by atoms with Crippen LogP contribution in [-0.2, 0) is 0 Å². The van der Waals surface area contributed by atoms with Crippen molar-refractivity contribution < 1.29 is 0 Å². The molecule has 0 radical (unpaired) electrons. The Morgan fingerprint density at radius 1 is 0.714 bits per heavy atom. The second-order valence-electron chi connectivity index (χ2n) is 2.96. The third kappa shape index (κ3) is 1.91. The van der Waals surface area contributed by atoms with Crippen molar-refractivity contribution in [3.8, 4) is 0 Å². The van der Waals surface area contributed by atoms with Crippen molar-refractivity contribution in [2.24, 2.45) is 0 Å². The second kappa shape index (κ2) is 4.28. The normalized spacial score (nSPS) is 27.3. The van der Waals surface area contributed by atoms with Gasteiger partial charge in [-0.25, -0.2) is 0 Å². The van der Waals surface area contributed by atoms with Gasteiger partial charge in [-0.3, -0.25) is 0 Å². The molecular formula is C12H8Br2. The molecular weight excluding hydrogens is 304 g/mol.